The van der Waals surface area contributed by atoms with Crippen molar-refractivity contribution in [3.05, 3.63) is 0 Å². The van der Waals surface area contributed by atoms with Gasteiger partial charge in [-0.05, 0) is 25.9 Å². The largest absolute Gasteiger partial charge is 0.480 e. The molecule has 0 unspecified atom stereocenters. The highest BCUT2D eigenvalue weighted by Crippen LogP contribution is 1.92. The SMILES string of the molecule is CCNCCC[C@H](N)C(=O)O. The smallest absolute Gasteiger partial charge is 0.320 e. The molecule has 0 aliphatic carbocycles. The van der Waals surface area contributed by atoms with E-state index in [2.05, 4.69) is 5.32 Å². The minimum atomic E-state index is -0.915. The Morgan fingerprint density at radius 3 is 2.82 bits per heavy atom. The molecule has 0 saturated heterocycles. The molecule has 0 saturated carbocycles. The molecule has 4 N–H and O–H groups in total. The van der Waals surface area contributed by atoms with E-state index in [1.807, 2.05) is 6.92 Å². The maximum absolute atomic E-state index is 10.2. The van der Waals surface area contributed by atoms with E-state index in [4.69, 9.17) is 10.8 Å². The molecule has 0 radical (unpaired) electrons. The van der Waals surface area contributed by atoms with Crippen LogP contribution in [-0.4, -0.2) is 30.2 Å². The van der Waals surface area contributed by atoms with Crippen molar-refractivity contribution in [3.8, 4) is 0 Å². The Hall–Kier alpha value is -0.610. The summed E-state index contributed by atoms with van der Waals surface area (Å²) >= 11 is 0. The molecule has 1 atom stereocenters. The van der Waals surface area contributed by atoms with Gasteiger partial charge >= 0.3 is 5.97 Å². The van der Waals surface area contributed by atoms with Crippen molar-refractivity contribution in [2.45, 2.75) is 25.8 Å². The van der Waals surface area contributed by atoms with Gasteiger partial charge in [-0.1, -0.05) is 6.92 Å². The van der Waals surface area contributed by atoms with Crippen LogP contribution in [0.1, 0.15) is 19.8 Å². The quantitative estimate of drug-likeness (QED) is 0.470. The zero-order valence-electron chi connectivity index (χ0n) is 6.84. The van der Waals surface area contributed by atoms with Crippen molar-refractivity contribution < 1.29 is 9.90 Å². The number of nitrogens with two attached hydrogens (primary N) is 1. The molecule has 66 valence electrons. The summed E-state index contributed by atoms with van der Waals surface area (Å²) in [5, 5.41) is 11.5. The van der Waals surface area contributed by atoms with Crippen LogP contribution >= 0.6 is 0 Å². The fraction of sp³-hybridized carbons (Fsp3) is 0.857. The van der Waals surface area contributed by atoms with Crippen LogP contribution in [0.2, 0.25) is 0 Å². The number of hydrogen-bond donors (Lipinski definition) is 3. The van der Waals surface area contributed by atoms with E-state index < -0.39 is 12.0 Å². The molecule has 0 aliphatic rings. The van der Waals surface area contributed by atoms with Crippen molar-refractivity contribution >= 4 is 5.97 Å². The molecule has 0 bridgehead atoms. The maximum Gasteiger partial charge on any atom is 0.320 e. The summed E-state index contributed by atoms with van der Waals surface area (Å²) in [6.45, 7) is 3.77. The molecular weight excluding hydrogens is 144 g/mol. The highest BCUT2D eigenvalue weighted by molar-refractivity contribution is 5.72. The lowest BCUT2D eigenvalue weighted by molar-refractivity contribution is -0.138. The van der Waals surface area contributed by atoms with Crippen molar-refractivity contribution in [2.75, 3.05) is 13.1 Å². The van der Waals surface area contributed by atoms with Crippen molar-refractivity contribution in [1.82, 2.24) is 5.32 Å². The van der Waals surface area contributed by atoms with Gasteiger partial charge in [-0.2, -0.15) is 0 Å². The minimum Gasteiger partial charge on any atom is -0.480 e. The van der Waals surface area contributed by atoms with Gasteiger partial charge in [0.2, 0.25) is 0 Å². The van der Waals surface area contributed by atoms with Gasteiger partial charge in [0.05, 0.1) is 0 Å². The second kappa shape index (κ2) is 6.12. The zero-order chi connectivity index (χ0) is 8.69. The maximum atomic E-state index is 10.2. The molecule has 0 aromatic carbocycles. The fourth-order valence-electron chi connectivity index (χ4n) is 0.747. The summed E-state index contributed by atoms with van der Waals surface area (Å²) in [5.74, 6) is -0.915. The van der Waals surface area contributed by atoms with Crippen LogP contribution in [-0.2, 0) is 4.79 Å². The summed E-state index contributed by atoms with van der Waals surface area (Å²) in [4.78, 5) is 10.2. The minimum absolute atomic E-state index is 0.544. The number of carboxylic acids is 1. The number of nitrogens with one attached hydrogen (secondary N) is 1. The van der Waals surface area contributed by atoms with Gasteiger partial charge in [-0.15, -0.1) is 0 Å². The molecule has 0 aliphatic heterocycles. The molecule has 0 rings (SSSR count). The van der Waals surface area contributed by atoms with E-state index in [-0.39, 0.29) is 0 Å². The Labute approximate surface area is 66.8 Å². The summed E-state index contributed by atoms with van der Waals surface area (Å²) < 4.78 is 0. The van der Waals surface area contributed by atoms with Crippen molar-refractivity contribution in [3.63, 3.8) is 0 Å². The lowest BCUT2D eigenvalue weighted by Gasteiger charge is -2.05. The third kappa shape index (κ3) is 5.82. The Bertz CT molecular complexity index is 117. The summed E-state index contributed by atoms with van der Waals surface area (Å²) in [6, 6.07) is -0.700. The summed E-state index contributed by atoms with van der Waals surface area (Å²) in [6.07, 6.45) is 1.36. The van der Waals surface area contributed by atoms with E-state index >= 15 is 0 Å². The normalized spacial score (nSPS) is 12.9. The average Bonchev–Trinajstić information content (AvgIpc) is 1.97. The number of hydrogen-bond acceptors (Lipinski definition) is 3. The second-order valence-corrected chi connectivity index (χ2v) is 2.44. The van der Waals surface area contributed by atoms with Gasteiger partial charge in [0.25, 0.3) is 0 Å². The van der Waals surface area contributed by atoms with E-state index in [1.165, 1.54) is 0 Å². The first-order valence-electron chi connectivity index (χ1n) is 3.87. The third-order valence-corrected chi connectivity index (χ3v) is 1.44. The molecule has 4 heteroatoms. The van der Waals surface area contributed by atoms with E-state index in [1.54, 1.807) is 0 Å². The van der Waals surface area contributed by atoms with Crippen LogP contribution in [0, 0.1) is 0 Å². The summed E-state index contributed by atoms with van der Waals surface area (Å²) in [5.41, 5.74) is 5.27. The van der Waals surface area contributed by atoms with E-state index in [0.717, 1.165) is 19.5 Å². The predicted molar refractivity (Wildman–Crippen MR) is 43.4 cm³/mol. The van der Waals surface area contributed by atoms with Gasteiger partial charge in [0, 0.05) is 0 Å². The zero-order valence-corrected chi connectivity index (χ0v) is 6.84. The predicted octanol–water partition coefficient (Wildman–Crippen LogP) is -0.212. The molecule has 0 spiro atoms. The molecule has 0 heterocycles. The number of aliphatic carboxylic acids is 1. The Kier molecular flexibility index (Phi) is 5.78. The Morgan fingerprint density at radius 1 is 1.73 bits per heavy atom. The number of carbonyl (C=O) groups is 1. The third-order valence-electron chi connectivity index (χ3n) is 1.44. The Balaban J connectivity index is 3.17. The van der Waals surface area contributed by atoms with Crippen LogP contribution in [0.3, 0.4) is 0 Å². The van der Waals surface area contributed by atoms with E-state index in [9.17, 15) is 4.79 Å². The fourth-order valence-corrected chi connectivity index (χ4v) is 0.747. The lowest BCUT2D eigenvalue weighted by Crippen LogP contribution is -2.30. The number of rotatable bonds is 6. The standard InChI is InChI=1S/C7H16N2O2/c1-2-9-5-3-4-6(8)7(10)11/h6,9H,2-5,8H2,1H3,(H,10,11)/t6-/m0/s1. The van der Waals surface area contributed by atoms with E-state index in [0.29, 0.717) is 6.42 Å². The van der Waals surface area contributed by atoms with Crippen LogP contribution in [0.5, 0.6) is 0 Å². The molecular formula is C7H16N2O2. The molecule has 11 heavy (non-hydrogen) atoms. The van der Waals surface area contributed by atoms with Gasteiger partial charge in [-0.3, -0.25) is 4.79 Å². The summed E-state index contributed by atoms with van der Waals surface area (Å²) in [7, 11) is 0. The first-order valence-corrected chi connectivity index (χ1v) is 3.87. The first-order chi connectivity index (χ1) is 5.18. The van der Waals surface area contributed by atoms with Crippen LogP contribution in [0.4, 0.5) is 0 Å². The van der Waals surface area contributed by atoms with Crippen LogP contribution < -0.4 is 11.1 Å². The van der Waals surface area contributed by atoms with Gasteiger partial charge < -0.3 is 16.2 Å². The highest BCUT2D eigenvalue weighted by Gasteiger charge is 2.09. The molecule has 4 nitrogen and oxygen atoms in total. The molecule has 0 amide bonds. The molecule has 0 aromatic rings. The topological polar surface area (TPSA) is 75.3 Å². The van der Waals surface area contributed by atoms with Gasteiger partial charge in [0.1, 0.15) is 6.04 Å². The second-order valence-electron chi connectivity index (χ2n) is 2.44. The first kappa shape index (κ1) is 10.4. The van der Waals surface area contributed by atoms with Gasteiger partial charge in [0.15, 0.2) is 0 Å². The molecule has 0 fully saturated rings. The van der Waals surface area contributed by atoms with Crippen molar-refractivity contribution in [1.29, 1.82) is 0 Å². The van der Waals surface area contributed by atoms with Crippen LogP contribution in [0.15, 0.2) is 0 Å². The monoisotopic (exact) mass is 160 g/mol. The lowest BCUT2D eigenvalue weighted by atomic mass is 10.2. The van der Waals surface area contributed by atoms with Crippen LogP contribution in [0.25, 0.3) is 0 Å². The molecule has 0 aromatic heterocycles. The average molecular weight is 160 g/mol. The number of carboxylic acid groups (broad SMARTS) is 1. The Morgan fingerprint density at radius 2 is 2.36 bits per heavy atom. The van der Waals surface area contributed by atoms with Crippen molar-refractivity contribution in [2.24, 2.45) is 5.73 Å². The van der Waals surface area contributed by atoms with Gasteiger partial charge in [-0.25, -0.2) is 0 Å². The highest BCUT2D eigenvalue weighted by atomic mass is 16.4.